The van der Waals surface area contributed by atoms with Gasteiger partial charge in [-0.15, -0.1) is 0 Å². The van der Waals surface area contributed by atoms with Gasteiger partial charge in [-0.2, -0.15) is 17.7 Å². The molecule has 31 heavy (non-hydrogen) atoms. The van der Waals surface area contributed by atoms with Crippen molar-refractivity contribution < 1.29 is 45.0 Å². The maximum Gasteiger partial charge on any atom is 0.485 e. The number of rotatable bonds is 2. The molecule has 4 aliphatic rings. The van der Waals surface area contributed by atoms with E-state index in [1.807, 2.05) is 24.3 Å². The standard InChI is InChI=1S/C19H22NO3.CHF3O3S/c1-12-14-11-15(22-2)18(21)17(19-20(14)9-6-10-23-19)16(12)13-7-4-3-5-8-13;2-1(3,4)8(5,6)7/h3-5,7-8,11-12,14,16-17H,6,9-10H2,1-2H3;(H,5,6,7)/q+1;/p-1/t12-,14-,16-,17-;/m0./s1. The van der Waals surface area contributed by atoms with E-state index < -0.39 is 15.6 Å². The van der Waals surface area contributed by atoms with Crippen molar-refractivity contribution in [2.24, 2.45) is 11.8 Å². The van der Waals surface area contributed by atoms with Gasteiger partial charge in [-0.1, -0.05) is 37.3 Å². The van der Waals surface area contributed by atoms with E-state index in [4.69, 9.17) is 22.4 Å². The molecule has 1 aromatic carbocycles. The van der Waals surface area contributed by atoms with Crippen LogP contribution in [0.25, 0.3) is 0 Å². The monoisotopic (exact) mass is 461 g/mol. The van der Waals surface area contributed by atoms with E-state index in [1.54, 1.807) is 7.11 Å². The van der Waals surface area contributed by atoms with Crippen molar-refractivity contribution in [3.05, 3.63) is 47.7 Å². The average Bonchev–Trinajstić information content (AvgIpc) is 2.90. The number of Topliss-reactive ketones (excluding diaryl/α,β-unsaturated/α-hetero) is 1. The molecule has 7 nitrogen and oxygen atoms in total. The minimum absolute atomic E-state index is 0.0510. The first kappa shape index (κ1) is 23.3. The van der Waals surface area contributed by atoms with Gasteiger partial charge in [-0.25, -0.2) is 8.42 Å². The van der Waals surface area contributed by atoms with Gasteiger partial charge in [-0.3, -0.25) is 4.79 Å². The molecule has 1 aromatic rings. The van der Waals surface area contributed by atoms with Gasteiger partial charge >= 0.3 is 11.4 Å². The Morgan fingerprint density at radius 1 is 1.23 bits per heavy atom. The van der Waals surface area contributed by atoms with Crippen LogP contribution in [-0.2, 0) is 24.4 Å². The number of methoxy groups -OCH3 is 1. The minimum atomic E-state index is -6.09. The summed E-state index contributed by atoms with van der Waals surface area (Å²) in [5, 5.41) is 0. The highest BCUT2D eigenvalue weighted by atomic mass is 32.2. The number of hydrogen-bond donors (Lipinski definition) is 0. The Labute approximate surface area is 177 Å². The molecule has 4 atom stereocenters. The summed E-state index contributed by atoms with van der Waals surface area (Å²) in [4.78, 5) is 13.1. The smallest absolute Gasteiger partial charge is 0.485 e. The van der Waals surface area contributed by atoms with Crippen molar-refractivity contribution in [3.8, 4) is 0 Å². The highest BCUT2D eigenvalue weighted by Gasteiger charge is 2.56. The van der Waals surface area contributed by atoms with Crippen LogP contribution in [0.4, 0.5) is 13.2 Å². The van der Waals surface area contributed by atoms with Crippen LogP contribution in [0.1, 0.15) is 24.8 Å². The molecule has 0 unspecified atom stereocenters. The van der Waals surface area contributed by atoms with Gasteiger partial charge in [-0.05, 0) is 5.56 Å². The third-order valence-electron chi connectivity index (χ3n) is 5.70. The fourth-order valence-corrected chi connectivity index (χ4v) is 4.37. The molecule has 0 spiro atoms. The molecule has 2 bridgehead atoms. The van der Waals surface area contributed by atoms with Crippen LogP contribution in [0.5, 0.6) is 0 Å². The number of fused-ring (bicyclic) bond motifs is 2. The molecule has 0 N–H and O–H groups in total. The van der Waals surface area contributed by atoms with Crippen molar-refractivity contribution in [1.29, 1.82) is 0 Å². The van der Waals surface area contributed by atoms with E-state index >= 15 is 0 Å². The molecule has 11 heteroatoms. The third kappa shape index (κ3) is 4.47. The molecule has 1 aliphatic carbocycles. The largest absolute Gasteiger partial charge is 0.741 e. The Kier molecular flexibility index (Phi) is 6.47. The first-order valence-corrected chi connectivity index (χ1v) is 11.0. The summed E-state index contributed by atoms with van der Waals surface area (Å²) < 4.78 is 72.6. The van der Waals surface area contributed by atoms with Crippen LogP contribution >= 0.6 is 0 Å². The van der Waals surface area contributed by atoms with E-state index in [1.165, 1.54) is 5.56 Å². The lowest BCUT2D eigenvalue weighted by Gasteiger charge is -2.37. The number of benzene rings is 1. The summed E-state index contributed by atoms with van der Waals surface area (Å²) >= 11 is 0. The molecule has 170 valence electrons. The fourth-order valence-electron chi connectivity index (χ4n) is 4.37. The van der Waals surface area contributed by atoms with Crippen LogP contribution in [0.3, 0.4) is 0 Å². The maximum absolute atomic E-state index is 13.1. The fraction of sp³-hybridized carbons (Fsp3) is 0.500. The van der Waals surface area contributed by atoms with Gasteiger partial charge < -0.3 is 14.0 Å². The molecule has 0 saturated heterocycles. The predicted octanol–water partition coefficient (Wildman–Crippen LogP) is 2.40. The Hall–Kier alpha value is -2.40. The molecule has 5 rings (SSSR count). The van der Waals surface area contributed by atoms with Gasteiger partial charge in [0.2, 0.25) is 5.78 Å². The van der Waals surface area contributed by atoms with E-state index in [0.717, 1.165) is 18.9 Å². The quantitative estimate of drug-likeness (QED) is 0.381. The van der Waals surface area contributed by atoms with Crippen LogP contribution in [0.15, 0.2) is 42.2 Å². The Morgan fingerprint density at radius 2 is 1.84 bits per heavy atom. The number of ether oxygens (including phenoxy) is 2. The zero-order chi connectivity index (χ0) is 23.0. The number of carbonyl (C=O) groups excluding carboxylic acids is 1. The normalized spacial score (nSPS) is 27.9. The summed E-state index contributed by atoms with van der Waals surface area (Å²) in [6.07, 6.45) is 3.00. The second kappa shape index (κ2) is 8.62. The van der Waals surface area contributed by atoms with Crippen LogP contribution in [0, 0.1) is 11.8 Å². The molecule has 0 aromatic heterocycles. The number of allylic oxidation sites excluding steroid dienone is 1. The third-order valence-corrected chi connectivity index (χ3v) is 6.27. The van der Waals surface area contributed by atoms with Gasteiger partial charge in [0.1, 0.15) is 6.54 Å². The van der Waals surface area contributed by atoms with Gasteiger partial charge in [0.25, 0.3) is 0 Å². The highest BCUT2D eigenvalue weighted by molar-refractivity contribution is 7.86. The molecule has 0 amide bonds. The molecule has 0 saturated carbocycles. The first-order valence-electron chi connectivity index (χ1n) is 9.60. The van der Waals surface area contributed by atoms with E-state index in [0.29, 0.717) is 18.3 Å². The second-order valence-corrected chi connectivity index (χ2v) is 8.87. The highest BCUT2D eigenvalue weighted by Crippen LogP contribution is 2.44. The number of halogens is 3. The minimum Gasteiger partial charge on any atom is -0.741 e. The van der Waals surface area contributed by atoms with E-state index in [-0.39, 0.29) is 23.7 Å². The Morgan fingerprint density at radius 3 is 2.39 bits per heavy atom. The molecular weight excluding hydrogens is 439 g/mol. The molecule has 0 fully saturated rings. The zero-order valence-electron chi connectivity index (χ0n) is 16.8. The maximum atomic E-state index is 13.1. The molecule has 0 radical (unpaired) electrons. The van der Waals surface area contributed by atoms with E-state index in [9.17, 15) is 18.0 Å². The number of alkyl halides is 3. The Balaban J connectivity index is 0.000000293. The topological polar surface area (TPSA) is 95.7 Å². The summed E-state index contributed by atoms with van der Waals surface area (Å²) in [5.41, 5.74) is -4.44. The van der Waals surface area contributed by atoms with Crippen LogP contribution < -0.4 is 0 Å². The summed E-state index contributed by atoms with van der Waals surface area (Å²) in [6, 6.07) is 10.5. The van der Waals surface area contributed by atoms with Crippen LogP contribution in [0.2, 0.25) is 0 Å². The average molecular weight is 461 g/mol. The predicted molar refractivity (Wildman–Crippen MR) is 102 cm³/mol. The SMILES string of the molecule is COC1=C[C@H]2[C@H](C)[C@@H](c3ccccc3)[C@@H](C1=O)C1=[N+]2CCCO1.O=S(=O)([O-])C(F)(F)F. The van der Waals surface area contributed by atoms with Crippen molar-refractivity contribution in [3.63, 3.8) is 0 Å². The lowest BCUT2D eigenvalue weighted by Crippen LogP contribution is -2.52. The summed E-state index contributed by atoms with van der Waals surface area (Å²) in [6.45, 7) is 3.88. The molecule has 3 aliphatic heterocycles. The number of ketones is 1. The van der Waals surface area contributed by atoms with E-state index in [2.05, 4.69) is 23.6 Å². The summed E-state index contributed by atoms with van der Waals surface area (Å²) in [5.74, 6) is 1.55. The van der Waals surface area contributed by atoms with Crippen LogP contribution in [-0.4, -0.2) is 61.0 Å². The number of nitrogens with zero attached hydrogens (tertiary/aromatic N) is 1. The first-order chi connectivity index (χ1) is 14.5. The molecular formula is C20H22F3NO6S. The van der Waals surface area contributed by atoms with Crippen molar-refractivity contribution in [2.45, 2.75) is 30.8 Å². The van der Waals surface area contributed by atoms with Gasteiger partial charge in [0.15, 0.2) is 27.8 Å². The van der Waals surface area contributed by atoms with Crippen molar-refractivity contribution in [2.75, 3.05) is 20.3 Å². The van der Waals surface area contributed by atoms with Gasteiger partial charge in [0.05, 0.1) is 13.7 Å². The number of carbonyl (C=O) groups is 1. The lowest BCUT2D eigenvalue weighted by molar-refractivity contribution is -0.585. The second-order valence-electron chi connectivity index (χ2n) is 7.50. The summed E-state index contributed by atoms with van der Waals surface area (Å²) in [7, 11) is -4.51. The van der Waals surface area contributed by atoms with Crippen molar-refractivity contribution in [1.82, 2.24) is 0 Å². The zero-order valence-corrected chi connectivity index (χ0v) is 17.7. The lowest BCUT2D eigenvalue weighted by atomic mass is 9.72. The van der Waals surface area contributed by atoms with Crippen molar-refractivity contribution >= 4 is 21.8 Å². The Bertz CT molecular complexity index is 1000. The number of hydrogen-bond acceptors (Lipinski definition) is 6. The molecule has 3 heterocycles. The van der Waals surface area contributed by atoms with Gasteiger partial charge in [0, 0.05) is 24.3 Å².